The molecule has 0 N–H and O–H groups in total. The van der Waals surface area contributed by atoms with Crippen molar-refractivity contribution in [1.82, 2.24) is 24.0 Å². The van der Waals surface area contributed by atoms with Crippen molar-refractivity contribution in [3.05, 3.63) is 84.4 Å². The van der Waals surface area contributed by atoms with Gasteiger partial charge in [0.25, 0.3) is 0 Å². The van der Waals surface area contributed by atoms with E-state index in [1.54, 1.807) is 14.2 Å². The van der Waals surface area contributed by atoms with Gasteiger partial charge in [0.1, 0.15) is 5.52 Å². The smallest absolute Gasteiger partial charge is 0.162 e. The second kappa shape index (κ2) is 9.90. The van der Waals surface area contributed by atoms with Crippen molar-refractivity contribution in [1.29, 1.82) is 0 Å². The normalized spacial score (nSPS) is 18.5. The third-order valence-corrected chi connectivity index (χ3v) is 7.72. The summed E-state index contributed by atoms with van der Waals surface area (Å²) in [6.45, 7) is 6.17. The Kier molecular flexibility index (Phi) is 6.30. The Balaban J connectivity index is 1.32. The van der Waals surface area contributed by atoms with Crippen molar-refractivity contribution >= 4 is 22.1 Å². The Morgan fingerprint density at radius 2 is 1.76 bits per heavy atom. The monoisotopic (exact) mass is 495 g/mol. The third kappa shape index (κ3) is 4.44. The Hall–Kier alpha value is -3.84. The van der Waals surface area contributed by atoms with E-state index in [4.69, 9.17) is 19.4 Å². The van der Waals surface area contributed by atoms with E-state index >= 15 is 0 Å². The summed E-state index contributed by atoms with van der Waals surface area (Å²) in [6.07, 6.45) is 7.29. The molecule has 0 amide bonds. The first-order chi connectivity index (χ1) is 18.1. The van der Waals surface area contributed by atoms with Gasteiger partial charge in [0.15, 0.2) is 17.1 Å². The zero-order valence-electron chi connectivity index (χ0n) is 21.7. The van der Waals surface area contributed by atoms with Crippen LogP contribution in [0.3, 0.4) is 0 Å². The molecule has 2 aromatic carbocycles. The van der Waals surface area contributed by atoms with E-state index in [0.29, 0.717) is 18.5 Å². The number of aromatic nitrogens is 4. The van der Waals surface area contributed by atoms with Crippen LogP contribution in [0.25, 0.3) is 22.1 Å². The van der Waals surface area contributed by atoms with E-state index in [-0.39, 0.29) is 0 Å². The van der Waals surface area contributed by atoms with Crippen molar-refractivity contribution < 1.29 is 9.47 Å². The molecule has 1 aliphatic rings. The Labute approximate surface area is 217 Å². The summed E-state index contributed by atoms with van der Waals surface area (Å²) in [7, 11) is 3.31. The van der Waals surface area contributed by atoms with Crippen LogP contribution in [-0.2, 0) is 13.1 Å². The average Bonchev–Trinajstić information content (AvgIpc) is 3.54. The second-order valence-electron chi connectivity index (χ2n) is 10.1. The Bertz CT molecular complexity index is 1520. The number of pyridine rings is 1. The quantitative estimate of drug-likeness (QED) is 0.297. The topological polar surface area (TPSA) is 57.3 Å². The predicted molar refractivity (Wildman–Crippen MR) is 146 cm³/mol. The highest BCUT2D eigenvalue weighted by Crippen LogP contribution is 2.34. The van der Waals surface area contributed by atoms with Crippen LogP contribution < -0.4 is 9.47 Å². The van der Waals surface area contributed by atoms with Gasteiger partial charge in [-0.2, -0.15) is 0 Å². The standard InChI is InChI=1S/C30H33N5O2/c1-21-11-13-33(17-22-7-5-4-6-8-22)19-25(21)35-14-12-24-16-31-30-28(29(24)35)32-20-34(30)18-23-9-10-26(36-2)27(15-23)37-3/h4-10,12,14-16,20-21,25H,11,13,17-19H2,1-3H3/t21-,25+/m1/s1. The maximum Gasteiger partial charge on any atom is 0.162 e. The van der Waals surface area contributed by atoms with Gasteiger partial charge in [-0.3, -0.25) is 4.90 Å². The third-order valence-electron chi connectivity index (χ3n) is 7.72. The number of hydrogen-bond donors (Lipinski definition) is 0. The van der Waals surface area contributed by atoms with Crippen LogP contribution in [0.5, 0.6) is 11.5 Å². The molecule has 0 spiro atoms. The number of hydrogen-bond acceptors (Lipinski definition) is 5. The minimum absolute atomic E-state index is 0.386. The zero-order valence-corrected chi connectivity index (χ0v) is 21.7. The van der Waals surface area contributed by atoms with Gasteiger partial charge in [-0.25, -0.2) is 9.97 Å². The number of rotatable bonds is 7. The van der Waals surface area contributed by atoms with Crippen LogP contribution in [-0.4, -0.2) is 51.3 Å². The summed E-state index contributed by atoms with van der Waals surface area (Å²) < 4.78 is 15.5. The van der Waals surface area contributed by atoms with Crippen LogP contribution in [0, 0.1) is 5.92 Å². The van der Waals surface area contributed by atoms with E-state index in [0.717, 1.165) is 53.2 Å². The number of likely N-dealkylation sites (tertiary alicyclic amines) is 1. The molecule has 7 heteroatoms. The maximum atomic E-state index is 5.50. The summed E-state index contributed by atoms with van der Waals surface area (Å²) in [5, 5.41) is 1.14. The van der Waals surface area contributed by atoms with Gasteiger partial charge in [-0.1, -0.05) is 43.3 Å². The summed E-state index contributed by atoms with van der Waals surface area (Å²) in [5.74, 6) is 2.03. The number of benzene rings is 2. The van der Waals surface area contributed by atoms with E-state index in [1.165, 1.54) is 17.5 Å². The van der Waals surface area contributed by atoms with E-state index in [9.17, 15) is 0 Å². The highest BCUT2D eigenvalue weighted by molar-refractivity contribution is 6.00. The first-order valence-corrected chi connectivity index (χ1v) is 12.9. The molecule has 2 atom stereocenters. The summed E-state index contributed by atoms with van der Waals surface area (Å²) in [5.41, 5.74) is 5.50. The number of fused-ring (bicyclic) bond motifs is 3. The van der Waals surface area contributed by atoms with E-state index < -0.39 is 0 Å². The first kappa shape index (κ1) is 23.6. The van der Waals surface area contributed by atoms with Gasteiger partial charge >= 0.3 is 0 Å². The van der Waals surface area contributed by atoms with Crippen LogP contribution >= 0.6 is 0 Å². The average molecular weight is 496 g/mol. The van der Waals surface area contributed by atoms with Crippen molar-refractivity contribution in [3.8, 4) is 11.5 Å². The lowest BCUT2D eigenvalue weighted by atomic mass is 9.92. The largest absolute Gasteiger partial charge is 0.493 e. The highest BCUT2D eigenvalue weighted by atomic mass is 16.5. The SMILES string of the molecule is COc1ccc(Cn2cnc3c2ncc2ccn([C@H]4CN(Cc5ccccc5)CC[C@H]4C)c23)cc1OC. The molecule has 0 bridgehead atoms. The highest BCUT2D eigenvalue weighted by Gasteiger charge is 2.29. The summed E-state index contributed by atoms with van der Waals surface area (Å²) in [6, 6.07) is 19.3. The lowest BCUT2D eigenvalue weighted by molar-refractivity contribution is 0.129. The fourth-order valence-electron chi connectivity index (χ4n) is 5.66. The van der Waals surface area contributed by atoms with E-state index in [1.807, 2.05) is 24.7 Å². The molecule has 4 heterocycles. The molecule has 1 fully saturated rings. The molecule has 0 unspecified atom stereocenters. The molecule has 5 aromatic rings. The molecule has 0 saturated carbocycles. The minimum Gasteiger partial charge on any atom is -0.493 e. The Morgan fingerprint density at radius 3 is 2.57 bits per heavy atom. The number of methoxy groups -OCH3 is 2. The van der Waals surface area contributed by atoms with Crippen LogP contribution in [0.2, 0.25) is 0 Å². The lowest BCUT2D eigenvalue weighted by Gasteiger charge is -2.38. The predicted octanol–water partition coefficient (Wildman–Crippen LogP) is 5.53. The number of imidazole rings is 1. The first-order valence-electron chi connectivity index (χ1n) is 12.9. The van der Waals surface area contributed by atoms with Gasteiger partial charge in [-0.05, 0) is 48.2 Å². The van der Waals surface area contributed by atoms with Crippen molar-refractivity contribution in [2.75, 3.05) is 27.3 Å². The fraction of sp³-hybridized carbons (Fsp3) is 0.333. The van der Waals surface area contributed by atoms with Crippen LogP contribution in [0.15, 0.2) is 73.3 Å². The van der Waals surface area contributed by atoms with Gasteiger partial charge in [-0.15, -0.1) is 0 Å². The molecule has 0 aliphatic carbocycles. The molecule has 37 heavy (non-hydrogen) atoms. The molecule has 6 rings (SSSR count). The number of nitrogens with zero attached hydrogens (tertiary/aromatic N) is 5. The van der Waals surface area contributed by atoms with Crippen LogP contribution in [0.4, 0.5) is 0 Å². The second-order valence-corrected chi connectivity index (χ2v) is 10.1. The molecular weight excluding hydrogens is 462 g/mol. The number of piperidine rings is 1. The van der Waals surface area contributed by atoms with Crippen molar-refractivity contribution in [2.45, 2.75) is 32.5 Å². The molecular formula is C30H33N5O2. The van der Waals surface area contributed by atoms with Crippen LogP contribution in [0.1, 0.15) is 30.5 Å². The molecule has 7 nitrogen and oxygen atoms in total. The molecule has 1 aliphatic heterocycles. The molecule has 190 valence electrons. The molecule has 0 radical (unpaired) electrons. The van der Waals surface area contributed by atoms with Gasteiger partial charge in [0.05, 0.1) is 32.6 Å². The Morgan fingerprint density at radius 1 is 0.919 bits per heavy atom. The molecule has 3 aromatic heterocycles. The van der Waals surface area contributed by atoms with Gasteiger partial charge < -0.3 is 18.6 Å². The maximum absolute atomic E-state index is 5.50. The fourth-order valence-corrected chi connectivity index (χ4v) is 5.66. The number of ether oxygens (including phenoxy) is 2. The molecule has 1 saturated heterocycles. The van der Waals surface area contributed by atoms with Gasteiger partial charge in [0.2, 0.25) is 0 Å². The lowest BCUT2D eigenvalue weighted by Crippen LogP contribution is -2.40. The minimum atomic E-state index is 0.386. The van der Waals surface area contributed by atoms with E-state index in [2.05, 4.69) is 69.6 Å². The van der Waals surface area contributed by atoms with Crippen molar-refractivity contribution in [3.63, 3.8) is 0 Å². The van der Waals surface area contributed by atoms with Gasteiger partial charge in [0, 0.05) is 36.9 Å². The zero-order chi connectivity index (χ0) is 25.4. The van der Waals surface area contributed by atoms with Crippen molar-refractivity contribution in [2.24, 2.45) is 5.92 Å². The summed E-state index contributed by atoms with van der Waals surface area (Å²) in [4.78, 5) is 12.3. The summed E-state index contributed by atoms with van der Waals surface area (Å²) >= 11 is 0.